The summed E-state index contributed by atoms with van der Waals surface area (Å²) in [5.74, 6) is 0.648. The molecule has 0 N–H and O–H groups in total. The van der Waals surface area contributed by atoms with Gasteiger partial charge in [0, 0.05) is 26.3 Å². The van der Waals surface area contributed by atoms with E-state index in [-0.39, 0.29) is 12.1 Å². The van der Waals surface area contributed by atoms with Gasteiger partial charge in [-0.05, 0) is 52.2 Å². The zero-order chi connectivity index (χ0) is 17.7. The SMILES string of the molecule is CN(CC1CCCCN1C(=O)OC(C)(C)C)c1ncccc1C#N. The largest absolute Gasteiger partial charge is 0.444 e. The first-order valence-corrected chi connectivity index (χ1v) is 8.37. The second-order valence-corrected chi connectivity index (χ2v) is 7.19. The molecule has 0 aliphatic carbocycles. The van der Waals surface area contributed by atoms with E-state index in [2.05, 4.69) is 11.1 Å². The van der Waals surface area contributed by atoms with Gasteiger partial charge in [0.1, 0.15) is 17.5 Å². The Morgan fingerprint density at radius 2 is 2.25 bits per heavy atom. The van der Waals surface area contributed by atoms with E-state index in [1.165, 1.54) is 0 Å². The molecule has 130 valence electrons. The van der Waals surface area contributed by atoms with Crippen molar-refractivity contribution in [2.75, 3.05) is 25.0 Å². The number of carbonyl (C=O) groups excluding carboxylic acids is 1. The summed E-state index contributed by atoms with van der Waals surface area (Å²) < 4.78 is 5.54. The highest BCUT2D eigenvalue weighted by Crippen LogP contribution is 2.23. The first-order chi connectivity index (χ1) is 11.3. The van der Waals surface area contributed by atoms with Gasteiger partial charge in [0.05, 0.1) is 11.6 Å². The molecule has 0 spiro atoms. The van der Waals surface area contributed by atoms with Gasteiger partial charge in [0.25, 0.3) is 0 Å². The third-order valence-electron chi connectivity index (χ3n) is 4.01. The molecule has 24 heavy (non-hydrogen) atoms. The van der Waals surface area contributed by atoms with Gasteiger partial charge in [-0.25, -0.2) is 9.78 Å². The lowest BCUT2D eigenvalue weighted by Crippen LogP contribution is -2.50. The zero-order valence-corrected chi connectivity index (χ0v) is 15.0. The molecule has 0 saturated carbocycles. The van der Waals surface area contributed by atoms with Crippen molar-refractivity contribution in [1.82, 2.24) is 9.88 Å². The lowest BCUT2D eigenvalue weighted by atomic mass is 10.0. The van der Waals surface area contributed by atoms with Crippen LogP contribution in [0.2, 0.25) is 0 Å². The van der Waals surface area contributed by atoms with Crippen molar-refractivity contribution >= 4 is 11.9 Å². The Morgan fingerprint density at radius 3 is 2.92 bits per heavy atom. The van der Waals surface area contributed by atoms with Gasteiger partial charge in [0.2, 0.25) is 0 Å². The van der Waals surface area contributed by atoms with Crippen molar-refractivity contribution < 1.29 is 9.53 Å². The molecular weight excluding hydrogens is 304 g/mol. The second-order valence-electron chi connectivity index (χ2n) is 7.19. The first kappa shape index (κ1) is 18.1. The maximum Gasteiger partial charge on any atom is 0.410 e. The molecule has 1 aliphatic heterocycles. The number of likely N-dealkylation sites (tertiary alicyclic amines) is 1. The van der Waals surface area contributed by atoms with Crippen LogP contribution in [0.5, 0.6) is 0 Å². The Hall–Kier alpha value is -2.29. The fraction of sp³-hybridized carbons (Fsp3) is 0.611. The van der Waals surface area contributed by atoms with Crippen molar-refractivity contribution in [2.24, 2.45) is 0 Å². The van der Waals surface area contributed by atoms with Gasteiger partial charge in [-0.2, -0.15) is 5.26 Å². The van der Waals surface area contributed by atoms with Crippen molar-refractivity contribution in [3.8, 4) is 6.07 Å². The molecule has 1 aliphatic rings. The Kier molecular flexibility index (Phi) is 5.66. The number of nitrogens with zero attached hydrogens (tertiary/aromatic N) is 4. The minimum atomic E-state index is -0.500. The molecule has 2 heterocycles. The van der Waals surface area contributed by atoms with Crippen LogP contribution in [-0.4, -0.2) is 47.8 Å². The lowest BCUT2D eigenvalue weighted by molar-refractivity contribution is 0.0108. The number of aromatic nitrogens is 1. The summed E-state index contributed by atoms with van der Waals surface area (Å²) in [7, 11) is 1.91. The molecule has 1 fully saturated rings. The first-order valence-electron chi connectivity index (χ1n) is 8.37. The smallest absolute Gasteiger partial charge is 0.410 e. The number of amides is 1. The maximum atomic E-state index is 12.5. The molecular formula is C18H26N4O2. The van der Waals surface area contributed by atoms with E-state index in [0.717, 1.165) is 19.3 Å². The van der Waals surface area contributed by atoms with Crippen LogP contribution in [0.1, 0.15) is 45.6 Å². The summed E-state index contributed by atoms with van der Waals surface area (Å²) in [6, 6.07) is 5.74. The third kappa shape index (κ3) is 4.60. The Morgan fingerprint density at radius 1 is 1.50 bits per heavy atom. The highest BCUT2D eigenvalue weighted by atomic mass is 16.6. The van der Waals surface area contributed by atoms with Crippen molar-refractivity contribution in [3.63, 3.8) is 0 Å². The number of hydrogen-bond acceptors (Lipinski definition) is 5. The zero-order valence-electron chi connectivity index (χ0n) is 15.0. The van der Waals surface area contributed by atoms with Gasteiger partial charge >= 0.3 is 6.09 Å². The van der Waals surface area contributed by atoms with Crippen LogP contribution in [0.15, 0.2) is 18.3 Å². The summed E-state index contributed by atoms with van der Waals surface area (Å²) in [4.78, 5) is 20.6. The summed E-state index contributed by atoms with van der Waals surface area (Å²) in [5, 5.41) is 9.24. The number of nitriles is 1. The van der Waals surface area contributed by atoms with Gasteiger partial charge in [-0.3, -0.25) is 0 Å². The minimum Gasteiger partial charge on any atom is -0.444 e. The number of carbonyl (C=O) groups is 1. The van der Waals surface area contributed by atoms with Gasteiger partial charge in [-0.15, -0.1) is 0 Å². The number of pyridine rings is 1. The van der Waals surface area contributed by atoms with Gasteiger partial charge in [-0.1, -0.05) is 0 Å². The van der Waals surface area contributed by atoms with Crippen LogP contribution >= 0.6 is 0 Å². The number of piperidine rings is 1. The van der Waals surface area contributed by atoms with Crippen LogP contribution in [0.4, 0.5) is 10.6 Å². The molecule has 6 heteroatoms. The molecule has 1 aromatic rings. The lowest BCUT2D eigenvalue weighted by Gasteiger charge is -2.38. The molecule has 0 radical (unpaired) electrons. The van der Waals surface area contributed by atoms with E-state index >= 15 is 0 Å². The standard InChI is InChI=1S/C18H26N4O2/c1-18(2,3)24-17(23)22-11-6-5-9-15(22)13-21(4)16-14(12-19)8-7-10-20-16/h7-8,10,15H,5-6,9,11,13H2,1-4H3. The molecule has 1 aromatic heterocycles. The maximum absolute atomic E-state index is 12.5. The average molecular weight is 330 g/mol. The summed E-state index contributed by atoms with van der Waals surface area (Å²) in [6.07, 6.45) is 4.43. The van der Waals surface area contributed by atoms with Crippen LogP contribution in [0, 0.1) is 11.3 Å². The molecule has 6 nitrogen and oxygen atoms in total. The second kappa shape index (κ2) is 7.52. The molecule has 1 amide bonds. The van der Waals surface area contributed by atoms with Crippen LogP contribution in [0.25, 0.3) is 0 Å². The highest BCUT2D eigenvalue weighted by molar-refractivity contribution is 5.69. The molecule has 1 atom stereocenters. The monoisotopic (exact) mass is 330 g/mol. The third-order valence-corrected chi connectivity index (χ3v) is 4.01. The molecule has 0 bridgehead atoms. The number of hydrogen-bond donors (Lipinski definition) is 0. The van der Waals surface area contributed by atoms with Crippen molar-refractivity contribution in [3.05, 3.63) is 23.9 Å². The quantitative estimate of drug-likeness (QED) is 0.851. The Bertz CT molecular complexity index is 618. The number of likely N-dealkylation sites (N-methyl/N-ethyl adjacent to an activating group) is 1. The van der Waals surface area contributed by atoms with E-state index in [1.807, 2.05) is 37.6 Å². The van der Waals surface area contributed by atoms with Crippen LogP contribution in [-0.2, 0) is 4.74 Å². The molecule has 1 unspecified atom stereocenters. The molecule has 0 aromatic carbocycles. The number of ether oxygens (including phenoxy) is 1. The van der Waals surface area contributed by atoms with E-state index in [4.69, 9.17) is 4.74 Å². The normalized spacial score (nSPS) is 18.0. The van der Waals surface area contributed by atoms with Gasteiger partial charge in [0.15, 0.2) is 0 Å². The van der Waals surface area contributed by atoms with Crippen molar-refractivity contribution in [1.29, 1.82) is 5.26 Å². The van der Waals surface area contributed by atoms with E-state index in [1.54, 1.807) is 18.3 Å². The van der Waals surface area contributed by atoms with Gasteiger partial charge < -0.3 is 14.5 Å². The number of anilines is 1. The Labute approximate surface area is 144 Å². The minimum absolute atomic E-state index is 0.0622. The van der Waals surface area contributed by atoms with Crippen LogP contribution < -0.4 is 4.90 Å². The van der Waals surface area contributed by atoms with Crippen LogP contribution in [0.3, 0.4) is 0 Å². The summed E-state index contributed by atoms with van der Waals surface area (Å²) in [6.45, 7) is 6.97. The fourth-order valence-corrected chi connectivity index (χ4v) is 2.94. The number of rotatable bonds is 3. The predicted octanol–water partition coefficient (Wildman–Crippen LogP) is 3.18. The Balaban J connectivity index is 2.11. The van der Waals surface area contributed by atoms with E-state index < -0.39 is 5.60 Å². The predicted molar refractivity (Wildman–Crippen MR) is 92.8 cm³/mol. The van der Waals surface area contributed by atoms with Crippen molar-refractivity contribution in [2.45, 2.75) is 51.7 Å². The molecule has 2 rings (SSSR count). The summed E-state index contributed by atoms with van der Waals surface area (Å²) >= 11 is 0. The molecule has 1 saturated heterocycles. The van der Waals surface area contributed by atoms with E-state index in [9.17, 15) is 10.1 Å². The topological polar surface area (TPSA) is 69.5 Å². The summed E-state index contributed by atoms with van der Waals surface area (Å²) in [5.41, 5.74) is 0.0413. The highest BCUT2D eigenvalue weighted by Gasteiger charge is 2.31. The average Bonchev–Trinajstić information content (AvgIpc) is 2.53. The fourth-order valence-electron chi connectivity index (χ4n) is 2.94. The van der Waals surface area contributed by atoms with E-state index in [0.29, 0.717) is 24.5 Å².